The average Bonchev–Trinajstić information content (AvgIpc) is 3.37. The van der Waals surface area contributed by atoms with Gasteiger partial charge in [0.25, 0.3) is 0 Å². The number of amides is 4. The van der Waals surface area contributed by atoms with Crippen molar-refractivity contribution < 1.29 is 48.8 Å². The van der Waals surface area contributed by atoms with E-state index in [2.05, 4.69) is 26.6 Å². The van der Waals surface area contributed by atoms with Gasteiger partial charge >= 0.3 is 12.1 Å². The van der Waals surface area contributed by atoms with Crippen molar-refractivity contribution in [3.05, 3.63) is 59.9 Å². The smallest absolute Gasteiger partial charge is 0.407 e. The zero-order valence-electron chi connectivity index (χ0n) is 28.1. The largest absolute Gasteiger partial charge is 0.508 e. The summed E-state index contributed by atoms with van der Waals surface area (Å²) >= 11 is 0. The molecule has 1 aliphatic heterocycles. The number of cyclic esters (lactones) is 1. The van der Waals surface area contributed by atoms with Crippen molar-refractivity contribution in [3.63, 3.8) is 0 Å². The van der Waals surface area contributed by atoms with Gasteiger partial charge in [-0.05, 0) is 68.6 Å². The molecular formula is C34H49N5O10. The highest BCUT2D eigenvalue weighted by atomic mass is 16.6. The molecule has 0 saturated carbocycles. The number of ether oxygens (including phenoxy) is 2. The minimum atomic E-state index is -1.53. The van der Waals surface area contributed by atoms with Crippen LogP contribution in [0.3, 0.4) is 0 Å². The fourth-order valence-corrected chi connectivity index (χ4v) is 5.38. The Labute approximate surface area is 285 Å². The van der Waals surface area contributed by atoms with Gasteiger partial charge in [0.2, 0.25) is 24.0 Å². The fourth-order valence-electron chi connectivity index (χ4n) is 5.38. The zero-order valence-corrected chi connectivity index (χ0v) is 28.1. The minimum absolute atomic E-state index is 0.0979. The third kappa shape index (κ3) is 13.5. The molecule has 7 atom stereocenters. The van der Waals surface area contributed by atoms with E-state index < -0.39 is 72.4 Å². The van der Waals surface area contributed by atoms with Crippen molar-refractivity contribution in [2.45, 2.75) is 103 Å². The van der Waals surface area contributed by atoms with Crippen LogP contribution in [0.1, 0.15) is 64.9 Å². The van der Waals surface area contributed by atoms with Crippen molar-refractivity contribution in [3.8, 4) is 0 Å². The lowest BCUT2D eigenvalue weighted by atomic mass is 9.92. The predicted molar refractivity (Wildman–Crippen MR) is 177 cm³/mol. The Balaban J connectivity index is 1.60. The van der Waals surface area contributed by atoms with E-state index in [-0.39, 0.29) is 44.1 Å². The Kier molecular flexibility index (Phi) is 15.5. The molecule has 0 aromatic heterocycles. The lowest BCUT2D eigenvalue weighted by Gasteiger charge is -2.29. The molecule has 1 saturated heterocycles. The molecule has 49 heavy (non-hydrogen) atoms. The van der Waals surface area contributed by atoms with Gasteiger partial charge in [-0.2, -0.15) is 0 Å². The number of carbonyl (C=O) groups is 5. The van der Waals surface area contributed by atoms with Gasteiger partial charge in [-0.15, -0.1) is 0 Å². The van der Waals surface area contributed by atoms with Gasteiger partial charge in [0.15, 0.2) is 0 Å². The number of aliphatic hydroxyl groups is 3. The number of allylic oxidation sites excluding steroid dienone is 3. The maximum atomic E-state index is 13.6. The number of alkyl carbamates (subject to hydrolysis) is 1. The Hall–Kier alpha value is -4.47. The van der Waals surface area contributed by atoms with E-state index in [1.165, 1.54) is 6.92 Å². The number of rotatable bonds is 18. The van der Waals surface area contributed by atoms with E-state index >= 15 is 0 Å². The molecule has 1 fully saturated rings. The summed E-state index contributed by atoms with van der Waals surface area (Å²) in [5, 5.41) is 43.1. The second-order valence-electron chi connectivity index (χ2n) is 12.6. The van der Waals surface area contributed by atoms with Gasteiger partial charge in [0, 0.05) is 6.54 Å². The van der Waals surface area contributed by atoms with Gasteiger partial charge in [0.1, 0.15) is 36.7 Å². The molecule has 8 N–H and O–H groups in total. The Morgan fingerprint density at radius 3 is 2.35 bits per heavy atom. The van der Waals surface area contributed by atoms with Crippen LogP contribution in [0.4, 0.5) is 4.79 Å². The Morgan fingerprint density at radius 1 is 1.00 bits per heavy atom. The molecule has 15 nitrogen and oxygen atoms in total. The van der Waals surface area contributed by atoms with E-state index in [1.54, 1.807) is 32.1 Å². The highest BCUT2D eigenvalue weighted by Gasteiger charge is 2.37. The second-order valence-corrected chi connectivity index (χ2v) is 12.6. The molecule has 1 heterocycles. The van der Waals surface area contributed by atoms with E-state index in [1.807, 2.05) is 30.3 Å². The van der Waals surface area contributed by atoms with E-state index in [4.69, 9.17) is 9.47 Å². The maximum Gasteiger partial charge on any atom is 0.407 e. The first-order valence-electron chi connectivity index (χ1n) is 16.6. The molecule has 15 heteroatoms. The van der Waals surface area contributed by atoms with Crippen LogP contribution in [0.5, 0.6) is 0 Å². The summed E-state index contributed by atoms with van der Waals surface area (Å²) in [6.07, 6.45) is 3.31. The van der Waals surface area contributed by atoms with Crippen LogP contribution in [0.25, 0.3) is 0 Å². The SMILES string of the molecule is CC(O)NC(CC1C=CC(O)=CC1)C(=O)N[C@H](C(=O)NC(CCCCNC(=O)OCc1ccccc1)C(=O)N[C@H]1CC(=O)OC1O)C(C)C. The number of nitrogens with one attached hydrogen (secondary N) is 5. The highest BCUT2D eigenvalue weighted by Crippen LogP contribution is 2.21. The second kappa shape index (κ2) is 19.5. The molecule has 1 aromatic rings. The molecule has 2 aliphatic rings. The number of esters is 1. The first-order chi connectivity index (χ1) is 23.3. The fraction of sp³-hybridized carbons (Fsp3) is 0.559. The number of hydrogen-bond acceptors (Lipinski definition) is 11. The summed E-state index contributed by atoms with van der Waals surface area (Å²) in [5.74, 6) is -2.86. The van der Waals surface area contributed by atoms with Crippen LogP contribution in [0, 0.1) is 11.8 Å². The Morgan fingerprint density at radius 2 is 1.73 bits per heavy atom. The summed E-state index contributed by atoms with van der Waals surface area (Å²) in [6.45, 7) is 5.29. The molecule has 4 amide bonds. The van der Waals surface area contributed by atoms with Gasteiger partial charge in [0.05, 0.1) is 12.5 Å². The summed E-state index contributed by atoms with van der Waals surface area (Å²) in [5.41, 5.74) is 0.840. The summed E-state index contributed by atoms with van der Waals surface area (Å²) in [4.78, 5) is 64.1. The molecule has 270 valence electrons. The molecule has 1 aromatic carbocycles. The van der Waals surface area contributed by atoms with Gasteiger partial charge in [-0.3, -0.25) is 24.5 Å². The zero-order chi connectivity index (χ0) is 35.9. The van der Waals surface area contributed by atoms with E-state index in [0.717, 1.165) is 5.56 Å². The third-order valence-corrected chi connectivity index (χ3v) is 8.06. The van der Waals surface area contributed by atoms with Gasteiger partial charge < -0.3 is 46.1 Å². The molecule has 0 bridgehead atoms. The van der Waals surface area contributed by atoms with E-state index in [0.29, 0.717) is 19.3 Å². The van der Waals surface area contributed by atoms with Crippen LogP contribution >= 0.6 is 0 Å². The minimum Gasteiger partial charge on any atom is -0.508 e. The number of aliphatic hydroxyl groups excluding tert-OH is 3. The molecule has 0 spiro atoms. The van der Waals surface area contributed by atoms with Crippen molar-refractivity contribution in [2.75, 3.05) is 6.54 Å². The van der Waals surface area contributed by atoms with Crippen molar-refractivity contribution >= 4 is 29.8 Å². The van der Waals surface area contributed by atoms with Crippen LogP contribution in [-0.2, 0) is 35.3 Å². The number of benzene rings is 1. The van der Waals surface area contributed by atoms with E-state index in [9.17, 15) is 39.3 Å². The number of carbonyl (C=O) groups excluding carboxylic acids is 5. The first-order valence-corrected chi connectivity index (χ1v) is 16.6. The Bertz CT molecular complexity index is 1340. The van der Waals surface area contributed by atoms with Crippen molar-refractivity contribution in [1.82, 2.24) is 26.6 Å². The topological polar surface area (TPSA) is 225 Å². The lowest BCUT2D eigenvalue weighted by molar-refractivity contribution is -0.155. The van der Waals surface area contributed by atoms with Crippen LogP contribution in [0.2, 0.25) is 0 Å². The van der Waals surface area contributed by atoms with Crippen LogP contribution in [-0.4, -0.2) is 88.3 Å². The average molecular weight is 688 g/mol. The molecular weight excluding hydrogens is 638 g/mol. The summed E-state index contributed by atoms with van der Waals surface area (Å²) in [7, 11) is 0. The van der Waals surface area contributed by atoms with Crippen molar-refractivity contribution in [1.29, 1.82) is 0 Å². The van der Waals surface area contributed by atoms with Gasteiger partial charge in [-0.25, -0.2) is 4.79 Å². The monoisotopic (exact) mass is 687 g/mol. The molecule has 0 radical (unpaired) electrons. The quantitative estimate of drug-likeness (QED) is 0.0621. The predicted octanol–water partition coefficient (Wildman–Crippen LogP) is 1.16. The number of unbranched alkanes of at least 4 members (excludes halogenated alkanes) is 1. The normalized spacial score (nSPS) is 21.1. The molecule has 5 unspecified atom stereocenters. The number of hydrogen-bond donors (Lipinski definition) is 8. The maximum absolute atomic E-state index is 13.6. The molecule has 1 aliphatic carbocycles. The first kappa shape index (κ1) is 39.0. The molecule has 3 rings (SSSR count). The third-order valence-electron chi connectivity index (χ3n) is 8.06. The standard InChI is InChI=1S/C34H49N5O10/c1-20(2)29(39-31(44)26(36-21(3)40)17-22-12-14-24(41)15-13-22)32(45)37-25(30(43)38-27-18-28(42)49-33(27)46)11-7-8-16-35-34(47)48-19-23-9-5-4-6-10-23/h4-6,9-10,12,14-15,20-22,25-27,29,33,36,40-41,46H,7-8,11,13,16-19H2,1-3H3,(H,35,47)(H,37,45)(H,38,43)(H,39,44)/t21?,22?,25?,26?,27-,29-,33?/m0/s1. The van der Waals surface area contributed by atoms with Crippen LogP contribution < -0.4 is 26.6 Å². The van der Waals surface area contributed by atoms with Gasteiger partial charge in [-0.1, -0.05) is 50.3 Å². The summed E-state index contributed by atoms with van der Waals surface area (Å²) in [6, 6.07) is 5.15. The highest BCUT2D eigenvalue weighted by molar-refractivity contribution is 5.93. The van der Waals surface area contributed by atoms with Crippen LogP contribution in [0.15, 0.2) is 54.3 Å². The summed E-state index contributed by atoms with van der Waals surface area (Å²) < 4.78 is 9.92. The lowest BCUT2D eigenvalue weighted by Crippen LogP contribution is -2.59. The van der Waals surface area contributed by atoms with Crippen molar-refractivity contribution in [2.24, 2.45) is 11.8 Å².